The molecule has 0 aromatic rings. The lowest BCUT2D eigenvalue weighted by atomic mass is 10.1. The van der Waals surface area contributed by atoms with Gasteiger partial charge in [-0.1, -0.05) is 170 Å². The van der Waals surface area contributed by atoms with Crippen molar-refractivity contribution < 1.29 is 47.8 Å². The van der Waals surface area contributed by atoms with Gasteiger partial charge in [-0.3, -0.25) is 13.8 Å². The summed E-state index contributed by atoms with van der Waals surface area (Å²) in [7, 11) is -4.66. The Hall–Kier alpha value is -2.85. The van der Waals surface area contributed by atoms with E-state index in [-0.39, 0.29) is 6.42 Å². The molecule has 3 atom stereocenters. The minimum absolute atomic E-state index is 0.0944. The van der Waals surface area contributed by atoms with Gasteiger partial charge in [-0.25, -0.2) is 9.36 Å². The Balaban J connectivity index is 4.53. The monoisotopic (exact) mass is 821 g/mol. The van der Waals surface area contributed by atoms with Crippen molar-refractivity contribution >= 4 is 19.8 Å². The van der Waals surface area contributed by atoms with Gasteiger partial charge in [0.2, 0.25) is 0 Å². The average molecular weight is 821 g/mol. The van der Waals surface area contributed by atoms with E-state index in [1.807, 2.05) is 18.2 Å². The molecule has 57 heavy (non-hydrogen) atoms. The summed E-state index contributed by atoms with van der Waals surface area (Å²) in [4.78, 5) is 34.8. The molecule has 0 radical (unpaired) electrons. The number of ether oxygens (including phenoxy) is 2. The van der Waals surface area contributed by atoms with Crippen LogP contribution in [0.1, 0.15) is 155 Å². The number of allylic oxidation sites excluding steroid dienone is 13. The standard InChI is InChI=1S/C46H77O10P/c1-3-5-7-9-11-13-15-17-19-20-21-22-24-25-27-29-31-33-35-37-45(49)53-41-44(42-55-57(51,52)54-40-43(48)39-47)56-46(50)38-36-34-32-30-28-26-23-18-16-14-12-10-8-6-4-2/h11,13,17,19,21-22,25,27,31-34,36,38,43-44,47-48H,3-10,12,14-16,18,20,23-24,26,28-30,35,37,39-42H2,1-2H3,(H,51,52)/b13-11+,19-17+,22-21+,27-25+,33-31+,34-32+,38-36+/t43-,44+/m0/s1. The van der Waals surface area contributed by atoms with E-state index in [1.165, 1.54) is 96.0 Å². The molecule has 0 aliphatic heterocycles. The van der Waals surface area contributed by atoms with E-state index in [4.69, 9.17) is 19.1 Å². The summed E-state index contributed by atoms with van der Waals surface area (Å²) >= 11 is 0. The van der Waals surface area contributed by atoms with Crippen LogP contribution in [0.15, 0.2) is 85.1 Å². The Kier molecular flexibility index (Phi) is 39.2. The number of aliphatic hydroxyl groups is 2. The van der Waals surface area contributed by atoms with Gasteiger partial charge in [-0.2, -0.15) is 0 Å². The van der Waals surface area contributed by atoms with E-state index in [1.54, 1.807) is 12.2 Å². The van der Waals surface area contributed by atoms with Crippen molar-refractivity contribution in [3.63, 3.8) is 0 Å². The van der Waals surface area contributed by atoms with E-state index in [9.17, 15) is 24.2 Å². The molecule has 0 aromatic carbocycles. The third-order valence-corrected chi connectivity index (χ3v) is 9.59. The zero-order valence-corrected chi connectivity index (χ0v) is 36.2. The van der Waals surface area contributed by atoms with Crippen LogP contribution in [0.2, 0.25) is 0 Å². The lowest BCUT2D eigenvalue weighted by Crippen LogP contribution is -2.29. The number of rotatable bonds is 39. The second-order valence-electron chi connectivity index (χ2n) is 14.1. The van der Waals surface area contributed by atoms with Gasteiger partial charge in [-0.05, 0) is 57.8 Å². The summed E-state index contributed by atoms with van der Waals surface area (Å²) in [5.41, 5.74) is 0. The highest BCUT2D eigenvalue weighted by Crippen LogP contribution is 2.43. The number of hydrogen-bond donors (Lipinski definition) is 3. The van der Waals surface area contributed by atoms with Crippen LogP contribution in [0, 0.1) is 0 Å². The number of carbonyl (C=O) groups excluding carboxylic acids is 2. The van der Waals surface area contributed by atoms with Crippen LogP contribution in [-0.2, 0) is 32.7 Å². The summed E-state index contributed by atoms with van der Waals surface area (Å²) in [5, 5.41) is 18.3. The molecule has 10 nitrogen and oxygen atoms in total. The maximum Gasteiger partial charge on any atom is 0.472 e. The van der Waals surface area contributed by atoms with Gasteiger partial charge in [0.25, 0.3) is 0 Å². The number of esters is 2. The highest BCUT2D eigenvalue weighted by Gasteiger charge is 2.26. The number of hydrogen-bond acceptors (Lipinski definition) is 9. The molecule has 0 aliphatic carbocycles. The molecule has 0 amide bonds. The molecule has 0 saturated heterocycles. The Labute approximate surface area is 345 Å². The normalized spacial score (nSPS) is 14.7. The first-order valence-corrected chi connectivity index (χ1v) is 23.1. The van der Waals surface area contributed by atoms with Crippen LogP contribution in [0.4, 0.5) is 0 Å². The Morgan fingerprint density at radius 1 is 0.579 bits per heavy atom. The van der Waals surface area contributed by atoms with Crippen molar-refractivity contribution in [1.29, 1.82) is 0 Å². The molecule has 0 saturated carbocycles. The Morgan fingerprint density at radius 3 is 1.60 bits per heavy atom. The number of phosphoric acid groups is 1. The first kappa shape index (κ1) is 54.2. The van der Waals surface area contributed by atoms with Crippen LogP contribution < -0.4 is 0 Å². The first-order valence-electron chi connectivity index (χ1n) is 21.6. The van der Waals surface area contributed by atoms with E-state index in [2.05, 4.69) is 67.0 Å². The molecule has 0 heterocycles. The molecule has 0 spiro atoms. The fraction of sp³-hybridized carbons (Fsp3) is 0.652. The van der Waals surface area contributed by atoms with Crippen molar-refractivity contribution in [1.82, 2.24) is 0 Å². The second-order valence-corrected chi connectivity index (χ2v) is 15.5. The lowest BCUT2D eigenvalue weighted by Gasteiger charge is -2.19. The molecule has 3 N–H and O–H groups in total. The van der Waals surface area contributed by atoms with Crippen molar-refractivity contribution in [3.8, 4) is 0 Å². The molecule has 11 heteroatoms. The number of unbranched alkanes of at least 4 members (excludes halogenated alkanes) is 14. The van der Waals surface area contributed by atoms with Gasteiger partial charge in [0.1, 0.15) is 12.7 Å². The topological polar surface area (TPSA) is 149 Å². The zero-order valence-electron chi connectivity index (χ0n) is 35.3. The summed E-state index contributed by atoms with van der Waals surface area (Å²) in [6.07, 6.45) is 49.1. The van der Waals surface area contributed by atoms with Gasteiger partial charge in [0.15, 0.2) is 6.10 Å². The third-order valence-electron chi connectivity index (χ3n) is 8.64. The second kappa shape index (κ2) is 41.3. The van der Waals surface area contributed by atoms with Crippen LogP contribution in [0.25, 0.3) is 0 Å². The van der Waals surface area contributed by atoms with Gasteiger partial charge in [0, 0.05) is 12.5 Å². The number of phosphoric ester groups is 1. The molecular weight excluding hydrogens is 743 g/mol. The smallest absolute Gasteiger partial charge is 0.462 e. The van der Waals surface area contributed by atoms with Crippen LogP contribution >= 0.6 is 7.82 Å². The quantitative estimate of drug-likeness (QED) is 0.0137. The molecule has 0 aliphatic rings. The molecule has 326 valence electrons. The number of aliphatic hydroxyl groups excluding tert-OH is 2. The van der Waals surface area contributed by atoms with Gasteiger partial charge in [-0.15, -0.1) is 0 Å². The van der Waals surface area contributed by atoms with Crippen LogP contribution in [0.5, 0.6) is 0 Å². The average Bonchev–Trinajstić information content (AvgIpc) is 3.20. The van der Waals surface area contributed by atoms with Crippen molar-refractivity contribution in [2.75, 3.05) is 26.4 Å². The highest BCUT2D eigenvalue weighted by atomic mass is 31.2. The maximum absolute atomic E-state index is 12.5. The largest absolute Gasteiger partial charge is 0.472 e. The van der Waals surface area contributed by atoms with Crippen LogP contribution in [0.3, 0.4) is 0 Å². The van der Waals surface area contributed by atoms with E-state index in [0.29, 0.717) is 6.42 Å². The molecule has 0 fully saturated rings. The summed E-state index contributed by atoms with van der Waals surface area (Å²) in [6, 6.07) is 0. The molecule has 1 unspecified atom stereocenters. The van der Waals surface area contributed by atoms with E-state index < -0.39 is 58.4 Å². The van der Waals surface area contributed by atoms with Gasteiger partial charge in [0.05, 0.1) is 19.8 Å². The fourth-order valence-corrected chi connectivity index (χ4v) is 6.08. The first-order chi connectivity index (χ1) is 27.7. The third kappa shape index (κ3) is 41.1. The van der Waals surface area contributed by atoms with Crippen LogP contribution in [-0.4, -0.2) is 65.7 Å². The molecular formula is C46H77O10P. The minimum atomic E-state index is -4.66. The minimum Gasteiger partial charge on any atom is -0.462 e. The lowest BCUT2D eigenvalue weighted by molar-refractivity contribution is -0.157. The van der Waals surface area contributed by atoms with Gasteiger partial charge >= 0.3 is 19.8 Å². The van der Waals surface area contributed by atoms with Crippen molar-refractivity contribution in [2.45, 2.75) is 167 Å². The summed E-state index contributed by atoms with van der Waals surface area (Å²) < 4.78 is 32.4. The predicted molar refractivity (Wildman–Crippen MR) is 233 cm³/mol. The maximum atomic E-state index is 12.5. The van der Waals surface area contributed by atoms with Crippen molar-refractivity contribution in [2.24, 2.45) is 0 Å². The zero-order chi connectivity index (χ0) is 41.9. The SMILES string of the molecule is CCCCC/C=C/C/C=C/C/C=C/C/C=C/C/C=C/CCC(=O)OC[C@H](COP(=O)(O)OC[C@@H](O)CO)OC(=O)/C=C/C=C/CCCCCCCCCCCCC. The molecule has 0 rings (SSSR count). The highest BCUT2D eigenvalue weighted by molar-refractivity contribution is 7.47. The number of carbonyl (C=O) groups is 2. The Bertz CT molecular complexity index is 1220. The van der Waals surface area contributed by atoms with Gasteiger partial charge < -0.3 is 24.6 Å². The molecule has 0 bridgehead atoms. The summed E-state index contributed by atoms with van der Waals surface area (Å²) in [6.45, 7) is 2.13. The van der Waals surface area contributed by atoms with E-state index in [0.717, 1.165) is 38.5 Å². The van der Waals surface area contributed by atoms with E-state index >= 15 is 0 Å². The Morgan fingerprint density at radius 2 is 1.04 bits per heavy atom. The summed E-state index contributed by atoms with van der Waals surface area (Å²) in [5.74, 6) is -1.28. The predicted octanol–water partition coefficient (Wildman–Crippen LogP) is 11.4. The fourth-order valence-electron chi connectivity index (χ4n) is 5.29. The van der Waals surface area contributed by atoms with Crippen molar-refractivity contribution in [3.05, 3.63) is 85.1 Å². The molecule has 0 aromatic heterocycles.